The normalized spacial score (nSPS) is 31.1. The number of hydrogen-bond donors (Lipinski definition) is 1. The smallest absolute Gasteiger partial charge is 0.410 e. The summed E-state index contributed by atoms with van der Waals surface area (Å²) in [4.78, 5) is 37.1. The van der Waals surface area contributed by atoms with E-state index in [0.717, 1.165) is 0 Å². The van der Waals surface area contributed by atoms with Gasteiger partial charge in [-0.25, -0.2) is 4.79 Å². The second-order valence-corrected chi connectivity index (χ2v) is 6.51. The lowest BCUT2D eigenvalue weighted by Gasteiger charge is -2.27. The molecule has 2 bridgehead atoms. The van der Waals surface area contributed by atoms with Gasteiger partial charge in [0.2, 0.25) is 0 Å². The highest BCUT2D eigenvalue weighted by Crippen LogP contribution is 2.47. The van der Waals surface area contributed by atoms with Crippen LogP contribution in [0.5, 0.6) is 0 Å². The fourth-order valence-electron chi connectivity index (χ4n) is 3.39. The highest BCUT2D eigenvalue weighted by molar-refractivity contribution is 5.86. The molecule has 2 saturated heterocycles. The van der Waals surface area contributed by atoms with Crippen LogP contribution < -0.4 is 0 Å². The van der Waals surface area contributed by atoms with Crippen LogP contribution >= 0.6 is 0 Å². The van der Waals surface area contributed by atoms with E-state index in [9.17, 15) is 19.5 Å². The Morgan fingerprint density at radius 3 is 2.05 bits per heavy atom. The molecule has 2 fully saturated rings. The maximum absolute atomic E-state index is 12.3. The molecule has 0 radical (unpaired) electrons. The first kappa shape index (κ1) is 15.6. The van der Waals surface area contributed by atoms with Crippen LogP contribution in [-0.2, 0) is 19.1 Å². The molecule has 2 aliphatic rings. The Kier molecular flexibility index (Phi) is 3.86. The Morgan fingerprint density at radius 1 is 1.10 bits per heavy atom. The van der Waals surface area contributed by atoms with Crippen LogP contribution in [0.2, 0.25) is 0 Å². The number of carboxylic acid groups (broad SMARTS) is 1. The summed E-state index contributed by atoms with van der Waals surface area (Å²) in [6.45, 7) is 5.24. The monoisotopic (exact) mass is 299 g/mol. The zero-order chi connectivity index (χ0) is 15.9. The summed E-state index contributed by atoms with van der Waals surface area (Å²) < 4.78 is 10.0. The van der Waals surface area contributed by atoms with Crippen molar-refractivity contribution in [1.82, 2.24) is 4.90 Å². The first-order chi connectivity index (χ1) is 9.67. The van der Waals surface area contributed by atoms with Crippen molar-refractivity contribution in [3.63, 3.8) is 0 Å². The molecule has 7 nitrogen and oxygen atoms in total. The highest BCUT2D eigenvalue weighted by Gasteiger charge is 2.61. The number of nitrogens with zero attached hydrogens (tertiary/aromatic N) is 1. The van der Waals surface area contributed by atoms with Gasteiger partial charge in [0.15, 0.2) is 0 Å². The fourth-order valence-corrected chi connectivity index (χ4v) is 3.39. The molecule has 1 amide bonds. The fraction of sp³-hybridized carbons (Fsp3) is 0.786. The molecular weight excluding hydrogens is 278 g/mol. The number of fused-ring (bicyclic) bond motifs is 2. The van der Waals surface area contributed by atoms with E-state index in [4.69, 9.17) is 9.47 Å². The number of carboxylic acids is 1. The van der Waals surface area contributed by atoms with Gasteiger partial charge in [-0.1, -0.05) is 0 Å². The standard InChI is InChI=1S/C14H21NO6/c1-14(2,3)21-13(19)15-7-5-6-8(15)10(12(18)20-4)9(7)11(16)17/h7-10H,5-6H2,1-4H3,(H,16,17)/t7-,8-,9+,10-/m0/s1. The number of aliphatic carboxylic acids is 1. The molecule has 0 spiro atoms. The van der Waals surface area contributed by atoms with Crippen molar-refractivity contribution >= 4 is 18.0 Å². The second-order valence-electron chi connectivity index (χ2n) is 6.51. The average Bonchev–Trinajstić information content (AvgIpc) is 2.90. The topological polar surface area (TPSA) is 93.1 Å². The lowest BCUT2D eigenvalue weighted by molar-refractivity contribution is -0.156. The van der Waals surface area contributed by atoms with Crippen molar-refractivity contribution < 1.29 is 29.0 Å². The predicted molar refractivity (Wildman–Crippen MR) is 71.5 cm³/mol. The summed E-state index contributed by atoms with van der Waals surface area (Å²) >= 11 is 0. The number of hydrogen-bond acceptors (Lipinski definition) is 5. The van der Waals surface area contributed by atoms with Crippen molar-refractivity contribution in [2.45, 2.75) is 51.3 Å². The maximum Gasteiger partial charge on any atom is 0.410 e. The molecule has 2 heterocycles. The van der Waals surface area contributed by atoms with Gasteiger partial charge in [-0.15, -0.1) is 0 Å². The van der Waals surface area contributed by atoms with Gasteiger partial charge in [-0.05, 0) is 33.6 Å². The maximum atomic E-state index is 12.3. The van der Waals surface area contributed by atoms with Gasteiger partial charge in [0.05, 0.1) is 18.9 Å². The number of amides is 1. The lowest BCUT2D eigenvalue weighted by atomic mass is 9.79. The molecule has 2 rings (SSSR count). The summed E-state index contributed by atoms with van der Waals surface area (Å²) in [6, 6.07) is -0.968. The Balaban J connectivity index is 2.28. The average molecular weight is 299 g/mol. The summed E-state index contributed by atoms with van der Waals surface area (Å²) in [5, 5.41) is 9.40. The van der Waals surface area contributed by atoms with Crippen LogP contribution in [0.15, 0.2) is 0 Å². The van der Waals surface area contributed by atoms with E-state index in [2.05, 4.69) is 0 Å². The molecular formula is C14H21NO6. The van der Waals surface area contributed by atoms with Crippen molar-refractivity contribution in [2.75, 3.05) is 7.11 Å². The van der Waals surface area contributed by atoms with Crippen LogP contribution in [0, 0.1) is 11.8 Å². The molecule has 118 valence electrons. The van der Waals surface area contributed by atoms with Crippen LogP contribution in [0.1, 0.15) is 33.6 Å². The summed E-state index contributed by atoms with van der Waals surface area (Å²) in [5.74, 6) is -3.41. The predicted octanol–water partition coefficient (Wildman–Crippen LogP) is 1.26. The number of methoxy groups -OCH3 is 1. The minimum Gasteiger partial charge on any atom is -0.481 e. The number of rotatable bonds is 2. The third-order valence-electron chi connectivity index (χ3n) is 4.05. The summed E-state index contributed by atoms with van der Waals surface area (Å²) in [5.41, 5.74) is -0.668. The molecule has 4 atom stereocenters. The molecule has 0 aromatic carbocycles. The van der Waals surface area contributed by atoms with Gasteiger partial charge in [0.1, 0.15) is 5.60 Å². The van der Waals surface area contributed by atoms with Gasteiger partial charge in [-0.2, -0.15) is 0 Å². The van der Waals surface area contributed by atoms with Gasteiger partial charge in [-0.3, -0.25) is 9.59 Å². The molecule has 0 aromatic rings. The van der Waals surface area contributed by atoms with Crippen LogP contribution in [0.4, 0.5) is 4.79 Å². The second kappa shape index (κ2) is 5.20. The van der Waals surface area contributed by atoms with Crippen molar-refractivity contribution in [3.8, 4) is 0 Å². The Hall–Kier alpha value is -1.79. The summed E-state index contributed by atoms with van der Waals surface area (Å²) in [7, 11) is 1.23. The van der Waals surface area contributed by atoms with Gasteiger partial charge in [0, 0.05) is 12.1 Å². The van der Waals surface area contributed by atoms with E-state index in [1.807, 2.05) is 0 Å². The number of carbonyl (C=O) groups excluding carboxylic acids is 2. The molecule has 0 aromatic heterocycles. The summed E-state index contributed by atoms with van der Waals surface area (Å²) in [6.07, 6.45) is 0.592. The molecule has 2 aliphatic heterocycles. The van der Waals surface area contributed by atoms with Crippen molar-refractivity contribution in [1.29, 1.82) is 0 Å². The van der Waals surface area contributed by atoms with Crippen LogP contribution in [0.25, 0.3) is 0 Å². The third-order valence-corrected chi connectivity index (χ3v) is 4.05. The number of carbonyl (C=O) groups is 3. The van der Waals surface area contributed by atoms with E-state index in [-0.39, 0.29) is 0 Å². The first-order valence-electron chi connectivity index (χ1n) is 6.99. The molecule has 0 saturated carbocycles. The Bertz CT molecular complexity index is 469. The molecule has 0 aliphatic carbocycles. The van der Waals surface area contributed by atoms with E-state index in [0.29, 0.717) is 12.8 Å². The first-order valence-corrected chi connectivity index (χ1v) is 6.99. The van der Waals surface area contributed by atoms with Crippen LogP contribution in [-0.4, -0.2) is 52.8 Å². The zero-order valence-electron chi connectivity index (χ0n) is 12.7. The van der Waals surface area contributed by atoms with E-state index in [1.165, 1.54) is 12.0 Å². The van der Waals surface area contributed by atoms with Crippen molar-refractivity contribution in [2.24, 2.45) is 11.8 Å². The van der Waals surface area contributed by atoms with Gasteiger partial charge >= 0.3 is 18.0 Å². The third kappa shape index (κ3) is 2.69. The zero-order valence-corrected chi connectivity index (χ0v) is 12.7. The Morgan fingerprint density at radius 2 is 1.62 bits per heavy atom. The lowest BCUT2D eigenvalue weighted by Crippen LogP contribution is -2.41. The number of ether oxygens (including phenoxy) is 2. The van der Waals surface area contributed by atoms with Gasteiger partial charge < -0.3 is 19.5 Å². The number of esters is 1. The highest BCUT2D eigenvalue weighted by atomic mass is 16.6. The molecule has 7 heteroatoms. The molecule has 1 N–H and O–H groups in total. The Labute approximate surface area is 123 Å². The minimum absolute atomic E-state index is 0.460. The quantitative estimate of drug-likeness (QED) is 0.772. The largest absolute Gasteiger partial charge is 0.481 e. The van der Waals surface area contributed by atoms with Crippen LogP contribution in [0.3, 0.4) is 0 Å². The van der Waals surface area contributed by atoms with E-state index < -0.39 is 47.6 Å². The van der Waals surface area contributed by atoms with Gasteiger partial charge in [0.25, 0.3) is 0 Å². The van der Waals surface area contributed by atoms with E-state index >= 15 is 0 Å². The minimum atomic E-state index is -1.08. The molecule has 21 heavy (non-hydrogen) atoms. The van der Waals surface area contributed by atoms with Crippen molar-refractivity contribution in [3.05, 3.63) is 0 Å². The SMILES string of the molecule is COC(=O)[C@@H]1[C@H](C(=O)O)[C@@H]2CC[C@@H]1N2C(=O)OC(C)(C)C. The molecule has 0 unspecified atom stereocenters. The van der Waals surface area contributed by atoms with E-state index in [1.54, 1.807) is 20.8 Å².